The molecule has 0 bridgehead atoms. The molecule has 0 unspecified atom stereocenters. The molecule has 1 aliphatic heterocycles. The number of non-ortho nitro benzene ring substituents is 1. The van der Waals surface area contributed by atoms with Crippen LogP contribution < -0.4 is 0 Å². The Morgan fingerprint density at radius 3 is 2.24 bits per heavy atom. The van der Waals surface area contributed by atoms with E-state index in [1.807, 2.05) is 0 Å². The summed E-state index contributed by atoms with van der Waals surface area (Å²) in [5.74, 6) is -2.47. The Morgan fingerprint density at radius 2 is 1.68 bits per heavy atom. The van der Waals surface area contributed by atoms with Crippen LogP contribution in [0.2, 0.25) is 5.02 Å². The van der Waals surface area contributed by atoms with Gasteiger partial charge in [-0.2, -0.15) is 0 Å². The van der Waals surface area contributed by atoms with Crippen LogP contribution in [0, 0.1) is 10.1 Å². The van der Waals surface area contributed by atoms with Crippen LogP contribution in [-0.4, -0.2) is 21.8 Å². The summed E-state index contributed by atoms with van der Waals surface area (Å²) < 4.78 is 5.04. The molecule has 0 saturated carbocycles. The zero-order chi connectivity index (χ0) is 18.1. The van der Waals surface area contributed by atoms with E-state index in [9.17, 15) is 24.8 Å². The Morgan fingerprint density at radius 1 is 1.08 bits per heavy atom. The number of aliphatic hydroxyl groups excluding tert-OH is 1. The van der Waals surface area contributed by atoms with Crippen LogP contribution in [0.25, 0.3) is 5.76 Å². The maximum atomic E-state index is 12.1. The number of halogens is 1. The topological polar surface area (TPSA) is 107 Å². The summed E-state index contributed by atoms with van der Waals surface area (Å²) in [6, 6.07) is 11.2. The fourth-order valence-electron chi connectivity index (χ4n) is 2.45. The highest BCUT2D eigenvalue weighted by atomic mass is 35.5. The Labute approximate surface area is 146 Å². The normalized spacial score (nSPS) is 18.8. The summed E-state index contributed by atoms with van der Waals surface area (Å²) in [6.45, 7) is 0. The van der Waals surface area contributed by atoms with E-state index in [0.29, 0.717) is 10.6 Å². The number of nitrogens with zero attached hydrogens (tertiary/aromatic N) is 1. The van der Waals surface area contributed by atoms with E-state index >= 15 is 0 Å². The van der Waals surface area contributed by atoms with Gasteiger partial charge < -0.3 is 9.84 Å². The van der Waals surface area contributed by atoms with E-state index in [2.05, 4.69) is 0 Å². The first-order chi connectivity index (χ1) is 11.9. The first kappa shape index (κ1) is 16.7. The lowest BCUT2D eigenvalue weighted by Crippen LogP contribution is -2.08. The summed E-state index contributed by atoms with van der Waals surface area (Å²) in [5, 5.41) is 21.6. The number of nitro benzene ring substituents is 1. The molecule has 1 saturated heterocycles. The highest BCUT2D eigenvalue weighted by Crippen LogP contribution is 2.37. The third-order valence-corrected chi connectivity index (χ3v) is 3.95. The molecule has 1 N–H and O–H groups in total. The highest BCUT2D eigenvalue weighted by molar-refractivity contribution is 6.44. The van der Waals surface area contributed by atoms with Crippen molar-refractivity contribution in [1.29, 1.82) is 0 Å². The van der Waals surface area contributed by atoms with Gasteiger partial charge in [-0.3, -0.25) is 14.9 Å². The van der Waals surface area contributed by atoms with Crippen LogP contribution in [0.5, 0.6) is 0 Å². The Bertz CT molecular complexity index is 902. The van der Waals surface area contributed by atoms with Gasteiger partial charge in [0.05, 0.1) is 10.5 Å². The molecule has 0 amide bonds. The van der Waals surface area contributed by atoms with Crippen molar-refractivity contribution in [2.75, 3.05) is 0 Å². The fraction of sp³-hybridized carbons (Fsp3) is 0.0588. The standard InChI is InChI=1S/C17H10ClNO6/c18-11-5-1-9(2-6-11)14(20)13-15(21)17(22)25-16(13)10-3-7-12(8-4-10)19(23)24/h1-8,16,20H/b14-13-/t16-/m1/s1. The van der Waals surface area contributed by atoms with Crippen molar-refractivity contribution >= 4 is 34.8 Å². The molecule has 7 nitrogen and oxygen atoms in total. The maximum absolute atomic E-state index is 12.1. The summed E-state index contributed by atoms with van der Waals surface area (Å²) in [7, 11) is 0. The number of ether oxygens (including phenoxy) is 1. The van der Waals surface area contributed by atoms with E-state index in [4.69, 9.17) is 16.3 Å². The van der Waals surface area contributed by atoms with Crippen molar-refractivity contribution in [2.24, 2.45) is 0 Å². The van der Waals surface area contributed by atoms with Gasteiger partial charge in [-0.1, -0.05) is 11.6 Å². The molecule has 0 aromatic heterocycles. The molecule has 8 heteroatoms. The molecule has 0 radical (unpaired) electrons. The summed E-state index contributed by atoms with van der Waals surface area (Å²) >= 11 is 5.79. The number of Topliss-reactive ketones (excluding diaryl/α,β-unsaturated/α-hetero) is 1. The number of ketones is 1. The van der Waals surface area contributed by atoms with Crippen molar-refractivity contribution in [3.63, 3.8) is 0 Å². The third kappa shape index (κ3) is 3.09. The smallest absolute Gasteiger partial charge is 0.380 e. The molecule has 0 spiro atoms. The monoisotopic (exact) mass is 359 g/mol. The van der Waals surface area contributed by atoms with Gasteiger partial charge in [-0.25, -0.2) is 4.79 Å². The van der Waals surface area contributed by atoms with E-state index in [-0.39, 0.29) is 16.8 Å². The lowest BCUT2D eigenvalue weighted by atomic mass is 9.96. The van der Waals surface area contributed by atoms with Crippen LogP contribution in [0.3, 0.4) is 0 Å². The lowest BCUT2D eigenvalue weighted by Gasteiger charge is -2.12. The van der Waals surface area contributed by atoms with Gasteiger partial charge >= 0.3 is 5.97 Å². The molecule has 2 aromatic rings. The quantitative estimate of drug-likeness (QED) is 0.225. The van der Waals surface area contributed by atoms with E-state index in [1.54, 1.807) is 0 Å². The fourth-order valence-corrected chi connectivity index (χ4v) is 2.58. The van der Waals surface area contributed by atoms with Gasteiger partial charge in [0.2, 0.25) is 0 Å². The first-order valence-electron chi connectivity index (χ1n) is 7.07. The zero-order valence-electron chi connectivity index (χ0n) is 12.5. The van der Waals surface area contributed by atoms with Crippen molar-refractivity contribution in [3.05, 3.63) is 80.4 Å². The predicted octanol–water partition coefficient (Wildman–Crippen LogP) is 3.38. The molecule has 1 aliphatic rings. The van der Waals surface area contributed by atoms with E-state index in [0.717, 1.165) is 0 Å². The molecule has 3 rings (SSSR count). The number of hydrogen-bond donors (Lipinski definition) is 1. The summed E-state index contributed by atoms with van der Waals surface area (Å²) in [4.78, 5) is 34.0. The van der Waals surface area contributed by atoms with Crippen LogP contribution >= 0.6 is 11.6 Å². The van der Waals surface area contributed by atoms with Gasteiger partial charge in [-0.15, -0.1) is 0 Å². The Hall–Kier alpha value is -3.19. The van der Waals surface area contributed by atoms with Crippen LogP contribution in [0.4, 0.5) is 5.69 Å². The van der Waals surface area contributed by atoms with Crippen molar-refractivity contribution in [3.8, 4) is 0 Å². The molecule has 25 heavy (non-hydrogen) atoms. The number of rotatable bonds is 3. The molecule has 2 aromatic carbocycles. The lowest BCUT2D eigenvalue weighted by molar-refractivity contribution is -0.384. The second-order valence-corrected chi connectivity index (χ2v) is 5.67. The largest absolute Gasteiger partial charge is 0.507 e. The molecule has 1 fully saturated rings. The van der Waals surface area contributed by atoms with Crippen molar-refractivity contribution < 1.29 is 24.4 Å². The zero-order valence-corrected chi connectivity index (χ0v) is 13.3. The summed E-state index contributed by atoms with van der Waals surface area (Å²) in [6.07, 6.45) is -1.14. The summed E-state index contributed by atoms with van der Waals surface area (Å²) in [5.41, 5.74) is 0.256. The predicted molar refractivity (Wildman–Crippen MR) is 87.9 cm³/mol. The molecular formula is C17H10ClNO6. The SMILES string of the molecule is O=C1O[C@H](c2ccc([N+](=O)[O-])cc2)/C(=C(\O)c2ccc(Cl)cc2)C1=O. The Balaban J connectivity index is 2.07. The third-order valence-electron chi connectivity index (χ3n) is 3.70. The minimum absolute atomic E-state index is 0.146. The van der Waals surface area contributed by atoms with Crippen LogP contribution in [0.1, 0.15) is 17.2 Å². The average molecular weight is 360 g/mol. The van der Waals surface area contributed by atoms with Crippen molar-refractivity contribution in [2.45, 2.75) is 6.10 Å². The number of benzene rings is 2. The highest BCUT2D eigenvalue weighted by Gasteiger charge is 2.42. The maximum Gasteiger partial charge on any atom is 0.380 e. The average Bonchev–Trinajstić information content (AvgIpc) is 2.90. The molecule has 1 atom stereocenters. The van der Waals surface area contributed by atoms with Gasteiger partial charge in [-0.05, 0) is 42.0 Å². The number of carbonyl (C=O) groups is 2. The van der Waals surface area contributed by atoms with Crippen LogP contribution in [0.15, 0.2) is 54.1 Å². The molecule has 126 valence electrons. The number of carbonyl (C=O) groups excluding carboxylic acids is 2. The van der Waals surface area contributed by atoms with Gasteiger partial charge in [0.25, 0.3) is 11.5 Å². The van der Waals surface area contributed by atoms with Gasteiger partial charge in [0.1, 0.15) is 5.76 Å². The first-order valence-corrected chi connectivity index (χ1v) is 7.45. The van der Waals surface area contributed by atoms with Gasteiger partial charge in [0.15, 0.2) is 6.10 Å². The van der Waals surface area contributed by atoms with Crippen molar-refractivity contribution in [1.82, 2.24) is 0 Å². The Kier molecular flexibility index (Phi) is 4.24. The van der Waals surface area contributed by atoms with E-state index in [1.165, 1.54) is 48.5 Å². The van der Waals surface area contributed by atoms with E-state index < -0.39 is 28.5 Å². The second-order valence-electron chi connectivity index (χ2n) is 5.23. The number of nitro groups is 1. The molecule has 0 aliphatic carbocycles. The number of cyclic esters (lactones) is 1. The minimum Gasteiger partial charge on any atom is -0.507 e. The second kappa shape index (κ2) is 6.37. The van der Waals surface area contributed by atoms with Gasteiger partial charge in [0, 0.05) is 22.7 Å². The minimum atomic E-state index is -1.14. The van der Waals surface area contributed by atoms with Crippen LogP contribution in [-0.2, 0) is 14.3 Å². The number of esters is 1. The molecule has 1 heterocycles. The number of aliphatic hydroxyl groups is 1. The molecular weight excluding hydrogens is 350 g/mol. The number of hydrogen-bond acceptors (Lipinski definition) is 6.